The molecule has 3 atom stereocenters. The van der Waals surface area contributed by atoms with Crippen LogP contribution in [0.3, 0.4) is 0 Å². The van der Waals surface area contributed by atoms with E-state index in [1.165, 1.54) is 12.8 Å². The molecule has 0 aromatic heterocycles. The van der Waals surface area contributed by atoms with Gasteiger partial charge in [-0.3, -0.25) is 0 Å². The maximum Gasteiger partial charge on any atom is 0.120 e. The minimum atomic E-state index is -0.509. The topological polar surface area (TPSA) is 12.0 Å². The van der Waals surface area contributed by atoms with Crippen molar-refractivity contribution in [3.8, 4) is 0 Å². The Morgan fingerprint density at radius 3 is 3.11 bits per heavy atom. The van der Waals surface area contributed by atoms with Gasteiger partial charge in [0.05, 0.1) is 0 Å². The first-order chi connectivity index (χ1) is 4.39. The second-order valence-corrected chi connectivity index (χ2v) is 3.08. The van der Waals surface area contributed by atoms with Crippen LogP contribution in [0, 0.1) is 5.92 Å². The minimum Gasteiger partial charge on any atom is -0.311 e. The van der Waals surface area contributed by atoms with Crippen LogP contribution in [0.25, 0.3) is 0 Å². The molecular weight excluding hydrogens is 117 g/mol. The summed E-state index contributed by atoms with van der Waals surface area (Å²) in [7, 11) is 0. The molecule has 1 saturated carbocycles. The van der Waals surface area contributed by atoms with Crippen molar-refractivity contribution in [2.75, 3.05) is 6.54 Å². The van der Waals surface area contributed by atoms with Crippen molar-refractivity contribution in [1.29, 1.82) is 0 Å². The van der Waals surface area contributed by atoms with Gasteiger partial charge in [0.2, 0.25) is 0 Å². The minimum absolute atomic E-state index is 0.243. The molecule has 1 N–H and O–H groups in total. The molecule has 9 heavy (non-hydrogen) atoms. The van der Waals surface area contributed by atoms with E-state index in [4.69, 9.17) is 0 Å². The van der Waals surface area contributed by atoms with Crippen LogP contribution < -0.4 is 5.32 Å². The fraction of sp³-hybridized carbons (Fsp3) is 1.00. The summed E-state index contributed by atoms with van der Waals surface area (Å²) in [6.45, 7) is 1.03. The van der Waals surface area contributed by atoms with E-state index in [9.17, 15) is 4.39 Å². The third kappa shape index (κ3) is 0.855. The molecule has 1 saturated heterocycles. The van der Waals surface area contributed by atoms with Crippen LogP contribution >= 0.6 is 0 Å². The lowest BCUT2D eigenvalue weighted by atomic mass is 10.2. The van der Waals surface area contributed by atoms with Crippen LogP contribution in [0.1, 0.15) is 19.3 Å². The Balaban J connectivity index is 1.93. The number of alkyl halides is 1. The molecule has 0 unspecified atom stereocenters. The lowest BCUT2D eigenvalue weighted by Gasteiger charge is -1.96. The SMILES string of the molecule is F[C@@H]1[C@H]2CCCCN[C@@H]12. The van der Waals surface area contributed by atoms with Crippen LogP contribution in [-0.4, -0.2) is 18.8 Å². The van der Waals surface area contributed by atoms with Gasteiger partial charge in [0.1, 0.15) is 6.17 Å². The van der Waals surface area contributed by atoms with Gasteiger partial charge in [-0.15, -0.1) is 0 Å². The van der Waals surface area contributed by atoms with Gasteiger partial charge in [-0.1, -0.05) is 6.42 Å². The number of fused-ring (bicyclic) bond motifs is 1. The highest BCUT2D eigenvalue weighted by Crippen LogP contribution is 2.40. The Kier molecular flexibility index (Phi) is 1.22. The van der Waals surface area contributed by atoms with Crippen LogP contribution in [0.5, 0.6) is 0 Å². The first kappa shape index (κ1) is 5.66. The Labute approximate surface area is 54.6 Å². The van der Waals surface area contributed by atoms with Crippen molar-refractivity contribution in [3.05, 3.63) is 0 Å². The Hall–Kier alpha value is -0.110. The molecule has 1 heterocycles. The molecule has 2 heteroatoms. The first-order valence-corrected chi connectivity index (χ1v) is 3.77. The molecule has 1 aliphatic heterocycles. The molecule has 1 nitrogen and oxygen atoms in total. The maximum atomic E-state index is 12.6. The summed E-state index contributed by atoms with van der Waals surface area (Å²) in [4.78, 5) is 0. The van der Waals surface area contributed by atoms with Crippen molar-refractivity contribution >= 4 is 0 Å². The summed E-state index contributed by atoms with van der Waals surface area (Å²) >= 11 is 0. The van der Waals surface area contributed by atoms with E-state index in [1.54, 1.807) is 0 Å². The Morgan fingerprint density at radius 1 is 1.33 bits per heavy atom. The van der Waals surface area contributed by atoms with Crippen molar-refractivity contribution in [2.24, 2.45) is 5.92 Å². The second-order valence-electron chi connectivity index (χ2n) is 3.08. The van der Waals surface area contributed by atoms with E-state index in [0.717, 1.165) is 13.0 Å². The van der Waals surface area contributed by atoms with Gasteiger partial charge in [-0.05, 0) is 19.4 Å². The van der Waals surface area contributed by atoms with Gasteiger partial charge in [0, 0.05) is 12.0 Å². The molecule has 0 aromatic carbocycles. The van der Waals surface area contributed by atoms with Gasteiger partial charge in [0.25, 0.3) is 0 Å². The summed E-state index contributed by atoms with van der Waals surface area (Å²) in [5.74, 6) is 0.382. The zero-order valence-electron chi connectivity index (χ0n) is 5.44. The lowest BCUT2D eigenvalue weighted by molar-refractivity contribution is 0.412. The summed E-state index contributed by atoms with van der Waals surface area (Å²) in [6.07, 6.45) is 3.05. The first-order valence-electron chi connectivity index (χ1n) is 3.77. The largest absolute Gasteiger partial charge is 0.311 e. The zero-order chi connectivity index (χ0) is 6.27. The third-order valence-electron chi connectivity index (χ3n) is 2.42. The normalized spacial score (nSPS) is 49.7. The molecule has 0 aromatic rings. The smallest absolute Gasteiger partial charge is 0.120 e. The fourth-order valence-electron chi connectivity index (χ4n) is 1.71. The van der Waals surface area contributed by atoms with Crippen LogP contribution in [-0.2, 0) is 0 Å². The summed E-state index contributed by atoms with van der Waals surface area (Å²) in [5.41, 5.74) is 0. The van der Waals surface area contributed by atoms with E-state index < -0.39 is 6.17 Å². The quantitative estimate of drug-likeness (QED) is 0.516. The standard InChI is InChI=1S/C7H12FN/c8-6-5-3-1-2-4-9-7(5)6/h5-7,9H,1-4H2/t5-,6-,7-/m1/s1. The van der Waals surface area contributed by atoms with E-state index in [2.05, 4.69) is 5.32 Å². The monoisotopic (exact) mass is 129 g/mol. The predicted molar refractivity (Wildman–Crippen MR) is 34.0 cm³/mol. The van der Waals surface area contributed by atoms with Crippen molar-refractivity contribution < 1.29 is 4.39 Å². The van der Waals surface area contributed by atoms with Gasteiger partial charge < -0.3 is 5.32 Å². The predicted octanol–water partition coefficient (Wildman–Crippen LogP) is 1.10. The molecular formula is C7H12FN. The van der Waals surface area contributed by atoms with E-state index >= 15 is 0 Å². The molecule has 0 spiro atoms. The number of nitrogens with one attached hydrogen (secondary N) is 1. The van der Waals surface area contributed by atoms with E-state index in [-0.39, 0.29) is 6.04 Å². The molecule has 0 bridgehead atoms. The summed E-state index contributed by atoms with van der Waals surface area (Å²) in [6, 6.07) is 0.243. The molecule has 2 aliphatic rings. The van der Waals surface area contributed by atoms with Gasteiger partial charge in [-0.25, -0.2) is 4.39 Å². The highest BCUT2D eigenvalue weighted by Gasteiger charge is 2.50. The second kappa shape index (κ2) is 1.94. The molecule has 52 valence electrons. The zero-order valence-corrected chi connectivity index (χ0v) is 5.44. The molecule has 2 rings (SSSR count). The van der Waals surface area contributed by atoms with Crippen LogP contribution in [0.2, 0.25) is 0 Å². The van der Waals surface area contributed by atoms with Crippen molar-refractivity contribution in [1.82, 2.24) is 5.32 Å². The average Bonchev–Trinajstić information content (AvgIpc) is 2.51. The number of rotatable bonds is 0. The average molecular weight is 129 g/mol. The Morgan fingerprint density at radius 2 is 2.22 bits per heavy atom. The number of halogens is 1. The van der Waals surface area contributed by atoms with Crippen molar-refractivity contribution in [2.45, 2.75) is 31.5 Å². The van der Waals surface area contributed by atoms with Gasteiger partial charge in [-0.2, -0.15) is 0 Å². The third-order valence-corrected chi connectivity index (χ3v) is 2.42. The summed E-state index contributed by atoms with van der Waals surface area (Å²) < 4.78 is 12.6. The van der Waals surface area contributed by atoms with Crippen LogP contribution in [0.4, 0.5) is 4.39 Å². The molecule has 1 aliphatic carbocycles. The van der Waals surface area contributed by atoms with Crippen LogP contribution in [0.15, 0.2) is 0 Å². The van der Waals surface area contributed by atoms with Gasteiger partial charge in [0.15, 0.2) is 0 Å². The lowest BCUT2D eigenvalue weighted by Crippen LogP contribution is -2.19. The maximum absolute atomic E-state index is 12.6. The Bertz CT molecular complexity index is 103. The number of hydrogen-bond donors (Lipinski definition) is 1. The van der Waals surface area contributed by atoms with Gasteiger partial charge >= 0.3 is 0 Å². The van der Waals surface area contributed by atoms with Crippen molar-refractivity contribution in [3.63, 3.8) is 0 Å². The molecule has 2 fully saturated rings. The number of hydrogen-bond acceptors (Lipinski definition) is 1. The molecule has 0 radical (unpaired) electrons. The summed E-state index contributed by atoms with van der Waals surface area (Å²) in [5, 5.41) is 3.19. The van der Waals surface area contributed by atoms with E-state index in [0.29, 0.717) is 5.92 Å². The highest BCUT2D eigenvalue weighted by atomic mass is 19.1. The molecule has 0 amide bonds. The highest BCUT2D eigenvalue weighted by molar-refractivity contribution is 5.04. The fourth-order valence-corrected chi connectivity index (χ4v) is 1.71. The van der Waals surface area contributed by atoms with E-state index in [1.807, 2.05) is 0 Å².